The smallest absolute Gasteiger partial charge is 0.233 e. The van der Waals surface area contributed by atoms with E-state index in [1.165, 1.54) is 10.9 Å². The van der Waals surface area contributed by atoms with Gasteiger partial charge in [0.25, 0.3) is 0 Å². The van der Waals surface area contributed by atoms with Crippen molar-refractivity contribution in [2.45, 2.75) is 51.3 Å². The fourth-order valence-corrected chi connectivity index (χ4v) is 3.28. The molecule has 0 bridgehead atoms. The molecule has 2 aromatic heterocycles. The number of carbonyl (C=O) groups excluding carboxylic acids is 1. The first-order valence-corrected chi connectivity index (χ1v) is 9.48. The number of hydrogen-bond donors (Lipinski definition) is 3. The van der Waals surface area contributed by atoms with E-state index in [1.807, 2.05) is 0 Å². The maximum Gasteiger partial charge on any atom is 0.233 e. The number of anilines is 2. The third-order valence-electron chi connectivity index (χ3n) is 5.19. The first-order valence-electron chi connectivity index (χ1n) is 9.48. The molecule has 0 saturated carbocycles. The summed E-state index contributed by atoms with van der Waals surface area (Å²) in [5.74, 6) is -0.0493. The molecule has 0 radical (unpaired) electrons. The molecule has 1 fully saturated rings. The summed E-state index contributed by atoms with van der Waals surface area (Å²) in [4.78, 5) is 26.8. The molecule has 0 spiro atoms. The number of alkyl halides is 1. The van der Waals surface area contributed by atoms with Gasteiger partial charge in [0.1, 0.15) is 11.7 Å². The Hall–Kier alpha value is -2.37. The summed E-state index contributed by atoms with van der Waals surface area (Å²) in [5.41, 5.74) is -0.777. The zero-order valence-electron chi connectivity index (χ0n) is 17.1. The molecule has 0 aromatic carbocycles. The zero-order chi connectivity index (χ0) is 21.5. The highest BCUT2D eigenvalue weighted by atomic mass is 19.1. The van der Waals surface area contributed by atoms with Gasteiger partial charge in [0.15, 0.2) is 29.4 Å². The molecule has 3 heterocycles. The number of hydrogen-bond acceptors (Lipinski definition) is 8. The third kappa shape index (κ3) is 3.53. The van der Waals surface area contributed by atoms with Crippen molar-refractivity contribution >= 4 is 28.8 Å². The van der Waals surface area contributed by atoms with E-state index in [4.69, 9.17) is 4.74 Å². The number of fused-ring (bicyclic) bond motifs is 1. The van der Waals surface area contributed by atoms with Crippen molar-refractivity contribution in [2.24, 2.45) is 5.92 Å². The Labute approximate surface area is 167 Å². The van der Waals surface area contributed by atoms with Crippen LogP contribution in [0.25, 0.3) is 11.2 Å². The lowest BCUT2D eigenvalue weighted by molar-refractivity contribution is -0.128. The number of carbonyl (C=O) groups is 1. The van der Waals surface area contributed by atoms with Gasteiger partial charge in [-0.3, -0.25) is 14.7 Å². The van der Waals surface area contributed by atoms with Gasteiger partial charge in [-0.15, -0.1) is 0 Å². The summed E-state index contributed by atoms with van der Waals surface area (Å²) < 4.78 is 22.1. The third-order valence-corrected chi connectivity index (χ3v) is 5.19. The molecule has 1 aliphatic rings. The molecule has 4 atom stereocenters. The monoisotopic (exact) mass is 410 g/mol. The molecule has 1 amide bonds. The number of halogens is 1. The van der Waals surface area contributed by atoms with Gasteiger partial charge < -0.3 is 19.8 Å². The quantitative estimate of drug-likeness (QED) is 0.640. The number of ether oxygens (including phenoxy) is 1. The molecule has 3 rings (SSSR count). The topological polar surface area (TPSA) is 126 Å². The Kier molecular flexibility index (Phi) is 5.74. The van der Waals surface area contributed by atoms with E-state index in [0.29, 0.717) is 11.3 Å². The fraction of sp³-hybridized carbons (Fsp3) is 0.667. The van der Waals surface area contributed by atoms with Gasteiger partial charge in [0, 0.05) is 20.0 Å². The number of imidazole rings is 1. The van der Waals surface area contributed by atoms with E-state index in [2.05, 4.69) is 20.3 Å². The minimum absolute atomic E-state index is 0.0551. The molecular weight excluding hydrogens is 383 g/mol. The molecule has 3 N–H and O–H groups in total. The van der Waals surface area contributed by atoms with Crippen LogP contribution in [0.3, 0.4) is 0 Å². The Morgan fingerprint density at radius 1 is 1.45 bits per heavy atom. The average Bonchev–Trinajstić information content (AvgIpc) is 3.21. The summed E-state index contributed by atoms with van der Waals surface area (Å²) in [5, 5.41) is 22.7. The lowest BCUT2D eigenvalue weighted by atomic mass is 9.94. The van der Waals surface area contributed by atoms with Crippen LogP contribution in [0.4, 0.5) is 16.2 Å². The summed E-state index contributed by atoms with van der Waals surface area (Å²) >= 11 is 0. The SMILES string of the molecule is CC[C@]1(CO)O[C@@H](n2cnc3c(N(C)C)nc(NC(=O)C(C)C)nc32)[C@@H](F)[C@@H]1O. The highest BCUT2D eigenvalue weighted by Crippen LogP contribution is 2.42. The molecule has 11 heteroatoms. The van der Waals surface area contributed by atoms with Crippen LogP contribution in [0, 0.1) is 5.92 Å². The van der Waals surface area contributed by atoms with Crippen molar-refractivity contribution in [3.63, 3.8) is 0 Å². The first kappa shape index (κ1) is 21.3. The number of aliphatic hydroxyl groups is 2. The Balaban J connectivity index is 2.10. The Morgan fingerprint density at radius 3 is 2.66 bits per heavy atom. The van der Waals surface area contributed by atoms with Gasteiger partial charge >= 0.3 is 0 Å². The molecule has 0 aliphatic carbocycles. The van der Waals surface area contributed by atoms with Gasteiger partial charge in [-0.05, 0) is 6.42 Å². The van der Waals surface area contributed by atoms with Crippen molar-refractivity contribution < 1.29 is 24.1 Å². The molecule has 160 valence electrons. The molecule has 29 heavy (non-hydrogen) atoms. The van der Waals surface area contributed by atoms with Crippen molar-refractivity contribution in [2.75, 3.05) is 30.9 Å². The summed E-state index contributed by atoms with van der Waals surface area (Å²) in [6, 6.07) is 0. The minimum atomic E-state index is -1.80. The van der Waals surface area contributed by atoms with E-state index < -0.39 is 30.7 Å². The van der Waals surface area contributed by atoms with Crippen LogP contribution in [0.1, 0.15) is 33.4 Å². The van der Waals surface area contributed by atoms with E-state index >= 15 is 0 Å². The molecule has 0 unspecified atom stereocenters. The Morgan fingerprint density at radius 2 is 2.14 bits per heavy atom. The van der Waals surface area contributed by atoms with Crippen molar-refractivity contribution in [3.8, 4) is 0 Å². The van der Waals surface area contributed by atoms with Gasteiger partial charge in [0.2, 0.25) is 11.9 Å². The molecule has 10 nitrogen and oxygen atoms in total. The lowest BCUT2D eigenvalue weighted by Crippen LogP contribution is -2.44. The molecule has 1 saturated heterocycles. The van der Waals surface area contributed by atoms with Gasteiger partial charge in [-0.2, -0.15) is 9.97 Å². The second-order valence-corrected chi connectivity index (χ2v) is 7.71. The highest BCUT2D eigenvalue weighted by molar-refractivity contribution is 5.92. The number of nitrogens with zero attached hydrogens (tertiary/aromatic N) is 5. The van der Waals surface area contributed by atoms with Gasteiger partial charge in [-0.25, -0.2) is 9.37 Å². The number of aliphatic hydroxyl groups excluding tert-OH is 2. The second-order valence-electron chi connectivity index (χ2n) is 7.71. The maximum absolute atomic E-state index is 15.0. The molecule has 1 aliphatic heterocycles. The van der Waals surface area contributed by atoms with Crippen molar-refractivity contribution in [3.05, 3.63) is 6.33 Å². The highest BCUT2D eigenvalue weighted by Gasteiger charge is 2.55. The van der Waals surface area contributed by atoms with Crippen LogP contribution in [0.2, 0.25) is 0 Å². The van der Waals surface area contributed by atoms with E-state index in [0.717, 1.165) is 0 Å². The van der Waals surface area contributed by atoms with Crippen LogP contribution in [0.15, 0.2) is 6.33 Å². The van der Waals surface area contributed by atoms with Crippen LogP contribution in [-0.2, 0) is 9.53 Å². The van der Waals surface area contributed by atoms with Crippen LogP contribution in [-0.4, -0.2) is 74.2 Å². The van der Waals surface area contributed by atoms with Crippen LogP contribution < -0.4 is 10.2 Å². The van der Waals surface area contributed by atoms with Gasteiger partial charge in [-0.1, -0.05) is 20.8 Å². The lowest BCUT2D eigenvalue weighted by Gasteiger charge is -2.28. The van der Waals surface area contributed by atoms with Crippen molar-refractivity contribution in [1.29, 1.82) is 0 Å². The van der Waals surface area contributed by atoms with E-state index in [9.17, 15) is 19.4 Å². The second kappa shape index (κ2) is 7.81. The Bertz CT molecular complexity index is 898. The summed E-state index contributed by atoms with van der Waals surface area (Å²) in [6.45, 7) is 4.66. The first-order chi connectivity index (χ1) is 13.6. The van der Waals surface area contributed by atoms with E-state index in [1.54, 1.807) is 39.8 Å². The summed E-state index contributed by atoms with van der Waals surface area (Å²) in [7, 11) is 3.52. The normalized spacial score (nSPS) is 27.0. The average molecular weight is 410 g/mol. The van der Waals surface area contributed by atoms with Crippen molar-refractivity contribution in [1.82, 2.24) is 19.5 Å². The van der Waals surface area contributed by atoms with Crippen LogP contribution in [0.5, 0.6) is 0 Å². The standard InChI is InChI=1S/C18H27FN6O4/c1-6-18(7-26)12(27)10(19)16(29-18)25-8-20-11-13(24(4)5)21-17(22-14(11)25)23-15(28)9(2)3/h8-10,12,16,26-27H,6-7H2,1-5H3,(H,21,22,23,28)/t10-,12-,16+,18+/m0/s1. The number of amides is 1. The number of aromatic nitrogens is 4. The number of nitrogens with one attached hydrogen (secondary N) is 1. The fourth-order valence-electron chi connectivity index (χ4n) is 3.28. The zero-order valence-corrected chi connectivity index (χ0v) is 17.1. The maximum atomic E-state index is 15.0. The predicted octanol–water partition coefficient (Wildman–Crippen LogP) is 0.856. The number of rotatable bonds is 6. The molecular formula is C18H27FN6O4. The minimum Gasteiger partial charge on any atom is -0.393 e. The van der Waals surface area contributed by atoms with E-state index in [-0.39, 0.29) is 29.8 Å². The van der Waals surface area contributed by atoms with Crippen LogP contribution >= 0.6 is 0 Å². The van der Waals surface area contributed by atoms with Gasteiger partial charge in [0.05, 0.1) is 12.9 Å². The summed E-state index contributed by atoms with van der Waals surface area (Å²) in [6.07, 6.45) is -2.96. The largest absolute Gasteiger partial charge is 0.393 e. The molecule has 2 aromatic rings. The predicted molar refractivity (Wildman–Crippen MR) is 104 cm³/mol.